The van der Waals surface area contributed by atoms with Crippen LogP contribution in [0, 0.1) is 0 Å². The molecule has 0 saturated carbocycles. The summed E-state index contributed by atoms with van der Waals surface area (Å²) in [6.45, 7) is 4.94. The monoisotopic (exact) mass is 213 g/mol. The lowest BCUT2D eigenvalue weighted by Gasteiger charge is -2.07. The summed E-state index contributed by atoms with van der Waals surface area (Å²) >= 11 is 1.67. The summed E-state index contributed by atoms with van der Waals surface area (Å²) in [5.41, 5.74) is 0. The average Bonchev–Trinajstić information content (AvgIpc) is 2.60. The van der Waals surface area contributed by atoms with Gasteiger partial charge in [-0.25, -0.2) is 0 Å². The molecule has 0 amide bonds. The molecular weight excluding hydrogens is 198 g/mol. The van der Waals surface area contributed by atoms with Crippen molar-refractivity contribution in [3.05, 3.63) is 25.1 Å². The van der Waals surface area contributed by atoms with E-state index in [1.54, 1.807) is 18.9 Å². The van der Waals surface area contributed by atoms with Gasteiger partial charge in [-0.15, -0.1) is 11.8 Å². The fraction of sp³-hybridized carbons (Fsp3) is 0.400. The third-order valence-electron chi connectivity index (χ3n) is 1.86. The van der Waals surface area contributed by atoms with Gasteiger partial charge in [0, 0.05) is 6.20 Å². The predicted octanol–water partition coefficient (Wildman–Crippen LogP) is 2.38. The zero-order valence-electron chi connectivity index (χ0n) is 8.53. The molecule has 0 fully saturated rings. The van der Waals surface area contributed by atoms with E-state index in [4.69, 9.17) is 9.47 Å². The number of ether oxygens (including phenoxy) is 2. The van der Waals surface area contributed by atoms with Crippen molar-refractivity contribution in [2.24, 2.45) is 0 Å². The van der Waals surface area contributed by atoms with Crippen LogP contribution < -0.4 is 4.74 Å². The maximum absolute atomic E-state index is 5.22. The number of methoxy groups -OCH3 is 1. The number of thioether (sulfide) groups is 1. The van der Waals surface area contributed by atoms with Crippen LogP contribution in [0.2, 0.25) is 0 Å². The second kappa shape index (κ2) is 5.65. The molecule has 0 spiro atoms. The van der Waals surface area contributed by atoms with Gasteiger partial charge in [0.25, 0.3) is 0 Å². The van der Waals surface area contributed by atoms with Crippen molar-refractivity contribution in [2.75, 3.05) is 20.0 Å². The minimum absolute atomic E-state index is 0.634. The van der Waals surface area contributed by atoms with Crippen LogP contribution in [0.5, 0.6) is 5.75 Å². The Morgan fingerprint density at radius 3 is 3.00 bits per heavy atom. The molecule has 0 N–H and O–H groups in total. The number of hydrogen-bond acceptors (Lipinski definition) is 3. The standard InChI is InChI=1S/C10H15NO2S/c1-4-13-8-7-11-6-5-9(12-2)10(11)14-3/h4-6H,1,7-8H2,2-3H3. The van der Waals surface area contributed by atoms with Gasteiger partial charge < -0.3 is 14.0 Å². The molecule has 1 heterocycles. The second-order valence-corrected chi connectivity index (χ2v) is 3.42. The first kappa shape index (κ1) is 11.0. The van der Waals surface area contributed by atoms with Crippen molar-refractivity contribution in [3.63, 3.8) is 0 Å². The lowest BCUT2D eigenvalue weighted by Crippen LogP contribution is -2.03. The molecular formula is C10H15NO2S. The molecule has 0 aliphatic heterocycles. The van der Waals surface area contributed by atoms with E-state index in [2.05, 4.69) is 11.1 Å². The molecule has 0 atom stereocenters. The summed E-state index contributed by atoms with van der Waals surface area (Å²) in [6, 6.07) is 1.96. The molecule has 0 aliphatic carbocycles. The fourth-order valence-electron chi connectivity index (χ4n) is 1.22. The Labute approximate surface area is 88.7 Å². The maximum Gasteiger partial charge on any atom is 0.150 e. The van der Waals surface area contributed by atoms with Gasteiger partial charge in [0.2, 0.25) is 0 Å². The first-order chi connectivity index (χ1) is 6.83. The molecule has 0 aliphatic rings. The molecule has 14 heavy (non-hydrogen) atoms. The van der Waals surface area contributed by atoms with Crippen LogP contribution in [-0.4, -0.2) is 24.5 Å². The summed E-state index contributed by atoms with van der Waals surface area (Å²) in [4.78, 5) is 0. The van der Waals surface area contributed by atoms with E-state index >= 15 is 0 Å². The number of nitrogens with zero attached hydrogens (tertiary/aromatic N) is 1. The van der Waals surface area contributed by atoms with Gasteiger partial charge in [-0.2, -0.15) is 0 Å². The quantitative estimate of drug-likeness (QED) is 0.412. The highest BCUT2D eigenvalue weighted by atomic mass is 32.2. The van der Waals surface area contributed by atoms with Crippen LogP contribution >= 0.6 is 11.8 Å². The lowest BCUT2D eigenvalue weighted by atomic mass is 10.6. The largest absolute Gasteiger partial charge is 0.500 e. The first-order valence-corrected chi connectivity index (χ1v) is 5.55. The Balaban J connectivity index is 2.65. The van der Waals surface area contributed by atoms with E-state index in [9.17, 15) is 0 Å². The molecule has 0 saturated heterocycles. The summed E-state index contributed by atoms with van der Waals surface area (Å²) in [5.74, 6) is 0.913. The fourth-order valence-corrected chi connectivity index (χ4v) is 1.96. The number of hydrogen-bond donors (Lipinski definition) is 0. The number of aromatic nitrogens is 1. The molecule has 1 rings (SSSR count). The van der Waals surface area contributed by atoms with Crippen molar-refractivity contribution in [2.45, 2.75) is 11.6 Å². The highest BCUT2D eigenvalue weighted by Crippen LogP contribution is 2.28. The predicted molar refractivity (Wildman–Crippen MR) is 58.9 cm³/mol. The SMILES string of the molecule is C=COCCn1ccc(OC)c1SC. The summed E-state index contributed by atoms with van der Waals surface area (Å²) in [6.07, 6.45) is 5.49. The van der Waals surface area contributed by atoms with Gasteiger partial charge in [0.05, 0.1) is 19.9 Å². The normalized spacial score (nSPS) is 9.86. The molecule has 0 aromatic carbocycles. The third-order valence-corrected chi connectivity index (χ3v) is 2.68. The molecule has 78 valence electrons. The van der Waals surface area contributed by atoms with Gasteiger partial charge >= 0.3 is 0 Å². The molecule has 0 bridgehead atoms. The first-order valence-electron chi connectivity index (χ1n) is 4.33. The van der Waals surface area contributed by atoms with Crippen molar-refractivity contribution >= 4 is 11.8 Å². The van der Waals surface area contributed by atoms with E-state index in [1.165, 1.54) is 6.26 Å². The molecule has 3 nitrogen and oxygen atoms in total. The molecule has 0 radical (unpaired) electrons. The van der Waals surface area contributed by atoms with E-state index in [0.29, 0.717) is 6.61 Å². The zero-order valence-corrected chi connectivity index (χ0v) is 9.34. The van der Waals surface area contributed by atoms with Gasteiger partial charge in [0.15, 0.2) is 5.75 Å². The van der Waals surface area contributed by atoms with Crippen LogP contribution in [-0.2, 0) is 11.3 Å². The van der Waals surface area contributed by atoms with Gasteiger partial charge in [-0.3, -0.25) is 0 Å². The van der Waals surface area contributed by atoms with Gasteiger partial charge in [-0.05, 0) is 12.3 Å². The molecule has 4 heteroatoms. The van der Waals surface area contributed by atoms with Crippen molar-refractivity contribution in [1.29, 1.82) is 0 Å². The van der Waals surface area contributed by atoms with Crippen molar-refractivity contribution in [3.8, 4) is 5.75 Å². The highest BCUT2D eigenvalue weighted by molar-refractivity contribution is 7.98. The van der Waals surface area contributed by atoms with Crippen molar-refractivity contribution in [1.82, 2.24) is 4.57 Å². The zero-order chi connectivity index (χ0) is 10.4. The van der Waals surface area contributed by atoms with Crippen molar-refractivity contribution < 1.29 is 9.47 Å². The minimum Gasteiger partial charge on any atom is -0.500 e. The highest BCUT2D eigenvalue weighted by Gasteiger charge is 2.07. The Morgan fingerprint density at radius 1 is 1.64 bits per heavy atom. The Bertz CT molecular complexity index is 296. The Kier molecular flexibility index (Phi) is 4.46. The van der Waals surface area contributed by atoms with E-state index in [1.807, 2.05) is 18.5 Å². The van der Waals surface area contributed by atoms with Crippen LogP contribution in [0.15, 0.2) is 30.1 Å². The summed E-state index contributed by atoms with van der Waals surface area (Å²) in [5, 5.41) is 1.13. The molecule has 0 unspecified atom stereocenters. The van der Waals surface area contributed by atoms with E-state index < -0.39 is 0 Å². The lowest BCUT2D eigenvalue weighted by molar-refractivity contribution is 0.233. The topological polar surface area (TPSA) is 23.4 Å². The van der Waals surface area contributed by atoms with Crippen LogP contribution in [0.25, 0.3) is 0 Å². The minimum atomic E-state index is 0.634. The van der Waals surface area contributed by atoms with E-state index in [0.717, 1.165) is 17.3 Å². The second-order valence-electron chi connectivity index (χ2n) is 2.62. The molecule has 1 aromatic rings. The number of rotatable bonds is 6. The van der Waals surface area contributed by atoms with E-state index in [-0.39, 0.29) is 0 Å². The summed E-state index contributed by atoms with van der Waals surface area (Å²) in [7, 11) is 1.68. The van der Waals surface area contributed by atoms with Gasteiger partial charge in [-0.1, -0.05) is 6.58 Å². The van der Waals surface area contributed by atoms with Crippen LogP contribution in [0.3, 0.4) is 0 Å². The molecule has 1 aromatic heterocycles. The third kappa shape index (κ3) is 2.48. The summed E-state index contributed by atoms with van der Waals surface area (Å²) < 4.78 is 12.4. The Morgan fingerprint density at radius 2 is 2.43 bits per heavy atom. The smallest absolute Gasteiger partial charge is 0.150 e. The van der Waals surface area contributed by atoms with Gasteiger partial charge in [0.1, 0.15) is 11.6 Å². The Hall–Kier alpha value is -1.03. The van der Waals surface area contributed by atoms with Crippen LogP contribution in [0.4, 0.5) is 0 Å². The van der Waals surface area contributed by atoms with Crippen LogP contribution in [0.1, 0.15) is 0 Å². The average molecular weight is 213 g/mol. The maximum atomic E-state index is 5.22.